The van der Waals surface area contributed by atoms with Gasteiger partial charge in [0.05, 0.1) is 12.2 Å². The van der Waals surface area contributed by atoms with Crippen LogP contribution in [0.15, 0.2) is 0 Å². The molecule has 0 aromatic rings. The smallest absolute Gasteiger partial charge is 0.223 e. The lowest BCUT2D eigenvalue weighted by Crippen LogP contribution is -2.51. The number of halogens is 1. The van der Waals surface area contributed by atoms with Crippen LogP contribution >= 0.6 is 12.4 Å². The lowest BCUT2D eigenvalue weighted by atomic mass is 9.84. The molecule has 2 saturated heterocycles. The molecule has 0 saturated carbocycles. The Labute approximate surface area is 129 Å². The number of carbonyl (C=O) groups excluding carboxylic acids is 1. The second-order valence-corrected chi connectivity index (χ2v) is 6.69. The SMILES string of the molecule is CC(CC(=O)N1CCOC(C)(C)C1)C1CCNCC1.Cl. The number of amides is 1. The van der Waals surface area contributed by atoms with Crippen LogP contribution in [0, 0.1) is 11.8 Å². The maximum Gasteiger partial charge on any atom is 0.223 e. The van der Waals surface area contributed by atoms with E-state index in [1.807, 2.05) is 4.90 Å². The van der Waals surface area contributed by atoms with Crippen LogP contribution < -0.4 is 5.32 Å². The van der Waals surface area contributed by atoms with E-state index < -0.39 is 0 Å². The van der Waals surface area contributed by atoms with E-state index in [4.69, 9.17) is 4.74 Å². The summed E-state index contributed by atoms with van der Waals surface area (Å²) in [6, 6.07) is 0. The summed E-state index contributed by atoms with van der Waals surface area (Å²) >= 11 is 0. The van der Waals surface area contributed by atoms with E-state index in [9.17, 15) is 4.79 Å². The van der Waals surface area contributed by atoms with Gasteiger partial charge in [0.1, 0.15) is 0 Å². The third-order valence-corrected chi connectivity index (χ3v) is 4.46. The minimum atomic E-state index is -0.189. The van der Waals surface area contributed by atoms with Crippen LogP contribution in [0.5, 0.6) is 0 Å². The van der Waals surface area contributed by atoms with Crippen LogP contribution in [0.4, 0.5) is 0 Å². The summed E-state index contributed by atoms with van der Waals surface area (Å²) in [4.78, 5) is 14.4. The Hall–Kier alpha value is -0.320. The highest BCUT2D eigenvalue weighted by molar-refractivity contribution is 5.85. The van der Waals surface area contributed by atoms with E-state index in [1.165, 1.54) is 12.8 Å². The molecule has 5 heteroatoms. The second kappa shape index (κ2) is 7.62. The first-order valence-corrected chi connectivity index (χ1v) is 7.60. The van der Waals surface area contributed by atoms with Gasteiger partial charge in [-0.3, -0.25) is 4.79 Å². The molecule has 1 N–H and O–H groups in total. The number of rotatable bonds is 3. The lowest BCUT2D eigenvalue weighted by Gasteiger charge is -2.39. The Balaban J connectivity index is 0.00000200. The van der Waals surface area contributed by atoms with Crippen LogP contribution in [-0.2, 0) is 9.53 Å². The molecule has 118 valence electrons. The third-order valence-electron chi connectivity index (χ3n) is 4.46. The van der Waals surface area contributed by atoms with Crippen molar-refractivity contribution in [2.24, 2.45) is 11.8 Å². The van der Waals surface area contributed by atoms with Crippen molar-refractivity contribution in [1.82, 2.24) is 10.2 Å². The molecule has 2 heterocycles. The second-order valence-electron chi connectivity index (χ2n) is 6.69. The molecule has 0 aliphatic carbocycles. The third kappa shape index (κ3) is 4.90. The van der Waals surface area contributed by atoms with Gasteiger partial charge >= 0.3 is 0 Å². The molecule has 2 fully saturated rings. The fourth-order valence-electron chi connectivity index (χ4n) is 3.21. The summed E-state index contributed by atoms with van der Waals surface area (Å²) in [5, 5.41) is 3.39. The molecule has 1 atom stereocenters. The Morgan fingerprint density at radius 1 is 1.40 bits per heavy atom. The largest absolute Gasteiger partial charge is 0.372 e. The van der Waals surface area contributed by atoms with Crippen LogP contribution in [0.3, 0.4) is 0 Å². The van der Waals surface area contributed by atoms with Gasteiger partial charge in [0.15, 0.2) is 0 Å². The zero-order valence-electron chi connectivity index (χ0n) is 13.0. The summed E-state index contributed by atoms with van der Waals surface area (Å²) in [6.45, 7) is 10.7. The summed E-state index contributed by atoms with van der Waals surface area (Å²) < 4.78 is 5.66. The molecule has 0 spiro atoms. The maximum absolute atomic E-state index is 12.4. The zero-order valence-corrected chi connectivity index (χ0v) is 13.8. The quantitative estimate of drug-likeness (QED) is 0.868. The van der Waals surface area contributed by atoms with E-state index in [-0.39, 0.29) is 18.0 Å². The molecule has 0 radical (unpaired) electrons. The number of piperidine rings is 1. The van der Waals surface area contributed by atoms with Crippen molar-refractivity contribution >= 4 is 18.3 Å². The van der Waals surface area contributed by atoms with Crippen LogP contribution in [0.1, 0.15) is 40.0 Å². The van der Waals surface area contributed by atoms with Crippen LogP contribution in [0.2, 0.25) is 0 Å². The van der Waals surface area contributed by atoms with Gasteiger partial charge in [0.25, 0.3) is 0 Å². The van der Waals surface area contributed by atoms with E-state index in [2.05, 4.69) is 26.1 Å². The summed E-state index contributed by atoms with van der Waals surface area (Å²) in [7, 11) is 0. The first kappa shape index (κ1) is 17.7. The van der Waals surface area contributed by atoms with Gasteiger partial charge < -0.3 is 15.0 Å². The molecule has 2 rings (SSSR count). The molecule has 1 amide bonds. The van der Waals surface area contributed by atoms with Crippen molar-refractivity contribution in [1.29, 1.82) is 0 Å². The summed E-state index contributed by atoms with van der Waals surface area (Å²) in [5.74, 6) is 1.52. The van der Waals surface area contributed by atoms with Gasteiger partial charge in [-0.1, -0.05) is 6.92 Å². The van der Waals surface area contributed by atoms with Gasteiger partial charge in [-0.05, 0) is 51.6 Å². The van der Waals surface area contributed by atoms with E-state index >= 15 is 0 Å². The van der Waals surface area contributed by atoms with Crippen molar-refractivity contribution in [2.75, 3.05) is 32.8 Å². The van der Waals surface area contributed by atoms with Crippen LogP contribution in [0.25, 0.3) is 0 Å². The topological polar surface area (TPSA) is 41.6 Å². The normalized spacial score (nSPS) is 24.9. The molecule has 20 heavy (non-hydrogen) atoms. The fourth-order valence-corrected chi connectivity index (χ4v) is 3.21. The first-order valence-electron chi connectivity index (χ1n) is 7.60. The van der Waals surface area contributed by atoms with Crippen molar-refractivity contribution < 1.29 is 9.53 Å². The molecule has 2 aliphatic heterocycles. The molecular formula is C15H29ClN2O2. The number of nitrogens with one attached hydrogen (secondary N) is 1. The van der Waals surface area contributed by atoms with Gasteiger partial charge in [0, 0.05) is 19.5 Å². The van der Waals surface area contributed by atoms with E-state index in [1.54, 1.807) is 0 Å². The number of carbonyl (C=O) groups is 1. The molecule has 4 nitrogen and oxygen atoms in total. The molecule has 0 bridgehead atoms. The van der Waals surface area contributed by atoms with Crippen molar-refractivity contribution in [2.45, 2.75) is 45.6 Å². The Kier molecular flexibility index (Phi) is 6.76. The Morgan fingerprint density at radius 3 is 2.65 bits per heavy atom. The molecule has 2 aliphatic rings. The van der Waals surface area contributed by atoms with E-state index in [0.717, 1.165) is 26.2 Å². The summed E-state index contributed by atoms with van der Waals surface area (Å²) in [5.41, 5.74) is -0.189. The summed E-state index contributed by atoms with van der Waals surface area (Å²) in [6.07, 6.45) is 3.12. The van der Waals surface area contributed by atoms with Gasteiger partial charge in [-0.15, -0.1) is 12.4 Å². The molecule has 0 aromatic heterocycles. The lowest BCUT2D eigenvalue weighted by molar-refractivity contribution is -0.147. The highest BCUT2D eigenvalue weighted by Gasteiger charge is 2.31. The molecular weight excluding hydrogens is 276 g/mol. The minimum Gasteiger partial charge on any atom is -0.372 e. The predicted molar refractivity (Wildman–Crippen MR) is 83.2 cm³/mol. The maximum atomic E-state index is 12.4. The predicted octanol–water partition coefficient (Wildman–Crippen LogP) is 2.07. The minimum absolute atomic E-state index is 0. The monoisotopic (exact) mass is 304 g/mol. The number of nitrogens with zero attached hydrogens (tertiary/aromatic N) is 1. The average Bonchev–Trinajstić information content (AvgIpc) is 2.38. The zero-order chi connectivity index (χ0) is 13.9. The van der Waals surface area contributed by atoms with Crippen molar-refractivity contribution in [3.8, 4) is 0 Å². The van der Waals surface area contributed by atoms with Crippen molar-refractivity contribution in [3.63, 3.8) is 0 Å². The van der Waals surface area contributed by atoms with Gasteiger partial charge in [-0.2, -0.15) is 0 Å². The van der Waals surface area contributed by atoms with Gasteiger partial charge in [0.2, 0.25) is 5.91 Å². The Morgan fingerprint density at radius 2 is 2.05 bits per heavy atom. The number of hydrogen-bond acceptors (Lipinski definition) is 3. The van der Waals surface area contributed by atoms with Gasteiger partial charge in [-0.25, -0.2) is 0 Å². The Bertz CT molecular complexity index is 317. The molecule has 1 unspecified atom stereocenters. The fraction of sp³-hybridized carbons (Fsp3) is 0.933. The van der Waals surface area contributed by atoms with Crippen LogP contribution in [-0.4, -0.2) is 49.2 Å². The highest BCUT2D eigenvalue weighted by Crippen LogP contribution is 2.26. The number of hydrogen-bond donors (Lipinski definition) is 1. The number of morpholine rings is 1. The first-order chi connectivity index (χ1) is 8.98. The van der Waals surface area contributed by atoms with Crippen molar-refractivity contribution in [3.05, 3.63) is 0 Å². The molecule has 0 aromatic carbocycles. The average molecular weight is 305 g/mol. The number of ether oxygens (including phenoxy) is 1. The standard InChI is InChI=1S/C15H28N2O2.ClH/c1-12(13-4-6-16-7-5-13)10-14(18)17-8-9-19-15(2,3)11-17;/h12-13,16H,4-11H2,1-3H3;1H. The van der Waals surface area contributed by atoms with E-state index in [0.29, 0.717) is 30.8 Å². The highest BCUT2D eigenvalue weighted by atomic mass is 35.5.